The molecule has 3 aromatic rings. The molecule has 5 N–H and O–H groups in total. The van der Waals surface area contributed by atoms with Gasteiger partial charge in [-0.25, -0.2) is 9.82 Å². The van der Waals surface area contributed by atoms with Gasteiger partial charge in [0.1, 0.15) is 5.82 Å². The Kier molecular flexibility index (Phi) is 5.22. The summed E-state index contributed by atoms with van der Waals surface area (Å²) in [7, 11) is 0. The fraction of sp³-hybridized carbons (Fsp3) is 0.320. The van der Waals surface area contributed by atoms with Gasteiger partial charge in [0.2, 0.25) is 0 Å². The molecular weight excluding hydrogens is 391 g/mol. The van der Waals surface area contributed by atoms with Gasteiger partial charge in [-0.2, -0.15) is 0 Å². The molecule has 1 aliphatic carbocycles. The van der Waals surface area contributed by atoms with Gasteiger partial charge in [-0.15, -0.1) is 0 Å². The van der Waals surface area contributed by atoms with Crippen molar-refractivity contribution in [3.05, 3.63) is 77.1 Å². The van der Waals surface area contributed by atoms with E-state index in [1.54, 1.807) is 19.1 Å². The van der Waals surface area contributed by atoms with Crippen LogP contribution in [0.4, 0.5) is 10.1 Å². The fourth-order valence-electron chi connectivity index (χ4n) is 5.23. The maximum Gasteiger partial charge on any atom is 0.256 e. The molecule has 2 fully saturated rings. The van der Waals surface area contributed by atoms with Crippen LogP contribution in [0, 0.1) is 18.7 Å². The second-order valence-corrected chi connectivity index (χ2v) is 8.74. The highest BCUT2D eigenvalue weighted by Crippen LogP contribution is 2.41. The van der Waals surface area contributed by atoms with Gasteiger partial charge in [-0.3, -0.25) is 10.2 Å². The zero-order valence-corrected chi connectivity index (χ0v) is 17.5. The number of carbonyl (C=O) groups excluding carboxylic acids is 1. The van der Waals surface area contributed by atoms with Crippen LogP contribution in [0.1, 0.15) is 46.7 Å². The predicted octanol–water partition coefficient (Wildman–Crippen LogP) is 4.18. The quantitative estimate of drug-likeness (QED) is 0.514. The number of hydrogen-bond acceptors (Lipinski definition) is 4. The predicted molar refractivity (Wildman–Crippen MR) is 121 cm³/mol. The number of nitrogens with two attached hydrogens (primary N) is 1. The van der Waals surface area contributed by atoms with Gasteiger partial charge < -0.3 is 11.1 Å². The van der Waals surface area contributed by atoms with Crippen LogP contribution in [0.25, 0.3) is 10.8 Å². The topological polar surface area (TPSA) is 79.2 Å². The lowest BCUT2D eigenvalue weighted by Crippen LogP contribution is -2.41. The van der Waals surface area contributed by atoms with Gasteiger partial charge in [0, 0.05) is 23.2 Å². The van der Waals surface area contributed by atoms with E-state index in [0.717, 1.165) is 23.6 Å². The van der Waals surface area contributed by atoms with Crippen LogP contribution in [-0.4, -0.2) is 18.1 Å². The maximum absolute atomic E-state index is 13.5. The lowest BCUT2D eigenvalue weighted by atomic mass is 9.72. The first-order valence-corrected chi connectivity index (χ1v) is 10.9. The van der Waals surface area contributed by atoms with Crippen LogP contribution in [0.15, 0.2) is 54.6 Å². The third-order valence-corrected chi connectivity index (χ3v) is 6.80. The molecule has 1 aliphatic heterocycles. The number of hydrogen-bond donors (Lipinski definition) is 4. The van der Waals surface area contributed by atoms with Crippen LogP contribution < -0.4 is 21.9 Å². The van der Waals surface area contributed by atoms with Crippen LogP contribution >= 0.6 is 0 Å². The second-order valence-electron chi connectivity index (χ2n) is 8.74. The van der Waals surface area contributed by atoms with E-state index in [0.29, 0.717) is 34.7 Å². The number of benzene rings is 3. The number of amides is 1. The number of hydrazine groups is 1. The molecule has 6 heteroatoms. The lowest BCUT2D eigenvalue weighted by molar-refractivity contribution is 0.102. The molecule has 5 nitrogen and oxygen atoms in total. The number of fused-ring (bicyclic) bond motifs is 2. The first-order chi connectivity index (χ1) is 15.0. The minimum Gasteiger partial charge on any atom is -0.322 e. The van der Waals surface area contributed by atoms with Crippen LogP contribution in [-0.2, 0) is 0 Å². The summed E-state index contributed by atoms with van der Waals surface area (Å²) in [5, 5.41) is 4.84. The summed E-state index contributed by atoms with van der Waals surface area (Å²) in [5.41, 5.74) is 15.9. The highest BCUT2D eigenvalue weighted by Gasteiger charge is 2.42. The third-order valence-electron chi connectivity index (χ3n) is 6.80. The molecule has 4 atom stereocenters. The Morgan fingerprint density at radius 1 is 1.10 bits per heavy atom. The molecule has 1 heterocycles. The largest absolute Gasteiger partial charge is 0.322 e. The highest BCUT2D eigenvalue weighted by atomic mass is 19.1. The number of carbonyl (C=O) groups is 1. The minimum atomic E-state index is -0.284. The van der Waals surface area contributed by atoms with Crippen molar-refractivity contribution in [2.75, 3.05) is 5.32 Å². The van der Waals surface area contributed by atoms with Crippen molar-refractivity contribution in [2.24, 2.45) is 11.7 Å². The number of halogens is 1. The Morgan fingerprint density at radius 2 is 1.97 bits per heavy atom. The Morgan fingerprint density at radius 3 is 2.81 bits per heavy atom. The Balaban J connectivity index is 1.45. The summed E-state index contributed by atoms with van der Waals surface area (Å²) in [6.07, 6.45) is 3.38. The fourth-order valence-corrected chi connectivity index (χ4v) is 5.23. The zero-order valence-electron chi connectivity index (χ0n) is 17.5. The molecule has 0 aromatic heterocycles. The molecule has 0 bridgehead atoms. The van der Waals surface area contributed by atoms with Gasteiger partial charge in [-0.05, 0) is 71.8 Å². The molecule has 1 amide bonds. The molecule has 0 radical (unpaired) electrons. The lowest BCUT2D eigenvalue weighted by Gasteiger charge is -2.35. The number of anilines is 1. The van der Waals surface area contributed by atoms with Crippen LogP contribution in [0.3, 0.4) is 0 Å². The summed E-state index contributed by atoms with van der Waals surface area (Å²) in [6.45, 7) is 1.68. The maximum atomic E-state index is 13.5. The normalized spacial score (nSPS) is 25.4. The van der Waals surface area contributed by atoms with Gasteiger partial charge >= 0.3 is 0 Å². The summed E-state index contributed by atoms with van der Waals surface area (Å²) < 4.78 is 13.5. The first-order valence-electron chi connectivity index (χ1n) is 10.9. The van der Waals surface area contributed by atoms with Crippen molar-refractivity contribution in [2.45, 2.75) is 44.3 Å². The summed E-state index contributed by atoms with van der Waals surface area (Å²) in [6, 6.07) is 17.2. The molecule has 160 valence electrons. The third kappa shape index (κ3) is 3.71. The molecule has 5 rings (SSSR count). The zero-order chi connectivity index (χ0) is 21.5. The molecule has 4 unspecified atom stereocenters. The van der Waals surface area contributed by atoms with Gasteiger partial charge in [0.05, 0.1) is 6.17 Å². The molecular formula is C25H27FN4O. The number of rotatable bonds is 3. The first kappa shape index (κ1) is 20.1. The van der Waals surface area contributed by atoms with Crippen molar-refractivity contribution >= 4 is 22.4 Å². The summed E-state index contributed by atoms with van der Waals surface area (Å²) >= 11 is 0. The van der Waals surface area contributed by atoms with Crippen molar-refractivity contribution in [1.82, 2.24) is 10.9 Å². The van der Waals surface area contributed by atoms with Gasteiger partial charge in [-0.1, -0.05) is 36.8 Å². The van der Waals surface area contributed by atoms with Gasteiger partial charge in [0.25, 0.3) is 5.91 Å². The van der Waals surface area contributed by atoms with E-state index in [4.69, 9.17) is 5.73 Å². The van der Waals surface area contributed by atoms with E-state index in [1.807, 2.05) is 24.3 Å². The summed E-state index contributed by atoms with van der Waals surface area (Å²) in [4.78, 5) is 13.0. The average molecular weight is 419 g/mol. The van der Waals surface area contributed by atoms with E-state index >= 15 is 0 Å². The van der Waals surface area contributed by atoms with E-state index < -0.39 is 0 Å². The number of aryl methyl sites for hydroxylation is 1. The standard InChI is InChI=1S/C25H27FN4O/c1-14-12-17(9-11-21(14)26)28-25(31)20-6-2-4-15-13-16(8-10-18(15)20)19-5-3-7-22-23(19)24(27)30-29-22/h2,4,6,8-13,19,22-24,29-30H,3,5,7,27H2,1H3,(H,28,31). The average Bonchev–Trinajstić information content (AvgIpc) is 3.16. The van der Waals surface area contributed by atoms with Crippen molar-refractivity contribution in [3.8, 4) is 0 Å². The van der Waals surface area contributed by atoms with Crippen molar-refractivity contribution in [1.29, 1.82) is 0 Å². The molecule has 1 saturated carbocycles. The Labute approximate surface area is 181 Å². The minimum absolute atomic E-state index is 0.0534. The van der Waals surface area contributed by atoms with Gasteiger partial charge in [0.15, 0.2) is 0 Å². The smallest absolute Gasteiger partial charge is 0.256 e. The van der Waals surface area contributed by atoms with Crippen molar-refractivity contribution in [3.63, 3.8) is 0 Å². The monoisotopic (exact) mass is 418 g/mol. The Hall–Kier alpha value is -2.80. The molecule has 31 heavy (non-hydrogen) atoms. The van der Waals surface area contributed by atoms with E-state index in [9.17, 15) is 9.18 Å². The Bertz CT molecular complexity index is 1150. The van der Waals surface area contributed by atoms with Crippen molar-refractivity contribution < 1.29 is 9.18 Å². The molecule has 1 saturated heterocycles. The molecule has 2 aliphatic rings. The molecule has 0 spiro atoms. The van der Waals surface area contributed by atoms with E-state index in [-0.39, 0.29) is 17.9 Å². The second kappa shape index (κ2) is 8.04. The van der Waals surface area contributed by atoms with E-state index in [1.165, 1.54) is 18.1 Å². The van der Waals surface area contributed by atoms with E-state index in [2.05, 4.69) is 28.3 Å². The number of nitrogens with one attached hydrogen (secondary N) is 3. The van der Waals surface area contributed by atoms with Crippen LogP contribution in [0.5, 0.6) is 0 Å². The van der Waals surface area contributed by atoms with Crippen LogP contribution in [0.2, 0.25) is 0 Å². The SMILES string of the molecule is Cc1cc(NC(=O)c2cccc3cc(C4CCCC5NNC(N)C54)ccc23)ccc1F. The summed E-state index contributed by atoms with van der Waals surface area (Å²) in [5.74, 6) is 0.265. The molecule has 3 aromatic carbocycles. The highest BCUT2D eigenvalue weighted by molar-refractivity contribution is 6.13.